The van der Waals surface area contributed by atoms with E-state index in [2.05, 4.69) is 16.3 Å². The molecule has 2 atom stereocenters. The van der Waals surface area contributed by atoms with E-state index in [0.29, 0.717) is 5.91 Å². The predicted octanol–water partition coefficient (Wildman–Crippen LogP) is 2.61. The van der Waals surface area contributed by atoms with E-state index in [0.717, 1.165) is 43.9 Å². The van der Waals surface area contributed by atoms with Gasteiger partial charge < -0.3 is 10.2 Å². The van der Waals surface area contributed by atoms with E-state index < -0.39 is 0 Å². The average Bonchev–Trinajstić information content (AvgIpc) is 3.09. The maximum Gasteiger partial charge on any atom is 0.227 e. The molecule has 0 radical (unpaired) electrons. The maximum atomic E-state index is 12.6. The Kier molecular flexibility index (Phi) is 3.76. The van der Waals surface area contributed by atoms with Crippen LogP contribution in [0.3, 0.4) is 0 Å². The van der Waals surface area contributed by atoms with Crippen LogP contribution in [0.1, 0.15) is 30.9 Å². The van der Waals surface area contributed by atoms with E-state index in [4.69, 9.17) is 11.6 Å². The smallest absolute Gasteiger partial charge is 0.227 e. The lowest BCUT2D eigenvalue weighted by Gasteiger charge is -2.27. The average molecular weight is 279 g/mol. The van der Waals surface area contributed by atoms with Crippen LogP contribution in [0.5, 0.6) is 0 Å². The second-order valence-electron chi connectivity index (χ2n) is 5.43. The molecule has 2 heterocycles. The van der Waals surface area contributed by atoms with Crippen LogP contribution in [0.25, 0.3) is 0 Å². The zero-order chi connectivity index (χ0) is 13.2. The number of halogens is 1. The summed E-state index contributed by atoms with van der Waals surface area (Å²) < 4.78 is 0. The summed E-state index contributed by atoms with van der Waals surface area (Å²) in [5.74, 6) is 0.479. The highest BCUT2D eigenvalue weighted by Gasteiger charge is 2.34. The van der Waals surface area contributed by atoms with E-state index in [-0.39, 0.29) is 12.0 Å². The number of nitrogens with zero attached hydrogens (tertiary/aromatic N) is 1. The van der Waals surface area contributed by atoms with Gasteiger partial charge in [-0.1, -0.05) is 23.7 Å². The molecular formula is C15H19ClN2O. The number of benzene rings is 1. The molecule has 2 fully saturated rings. The molecule has 2 aliphatic heterocycles. The molecule has 2 aliphatic rings. The van der Waals surface area contributed by atoms with Crippen LogP contribution < -0.4 is 5.32 Å². The fourth-order valence-corrected chi connectivity index (χ4v) is 3.39. The van der Waals surface area contributed by atoms with Gasteiger partial charge in [-0.25, -0.2) is 0 Å². The largest absolute Gasteiger partial charge is 0.335 e. The van der Waals surface area contributed by atoms with Gasteiger partial charge in [0.15, 0.2) is 0 Å². The van der Waals surface area contributed by atoms with Gasteiger partial charge in [0.25, 0.3) is 0 Å². The van der Waals surface area contributed by atoms with Crippen molar-refractivity contribution >= 4 is 17.5 Å². The number of carbonyl (C=O) groups is 1. The monoisotopic (exact) mass is 278 g/mol. The summed E-state index contributed by atoms with van der Waals surface area (Å²) in [6.45, 7) is 2.68. The van der Waals surface area contributed by atoms with Gasteiger partial charge in [-0.15, -0.1) is 0 Å². The van der Waals surface area contributed by atoms with Crippen LogP contribution in [0.15, 0.2) is 24.3 Å². The third kappa shape index (κ3) is 2.63. The van der Waals surface area contributed by atoms with Crippen LogP contribution in [0, 0.1) is 5.92 Å². The van der Waals surface area contributed by atoms with Crippen LogP contribution >= 0.6 is 11.6 Å². The molecule has 19 heavy (non-hydrogen) atoms. The predicted molar refractivity (Wildman–Crippen MR) is 76.1 cm³/mol. The standard InChI is InChI=1S/C15H19ClN2O/c16-13-4-1-3-11(9-13)14-5-2-8-18(14)15(19)12-6-7-17-10-12/h1,3-4,9,12,14,17H,2,5-8,10H2. The highest BCUT2D eigenvalue weighted by atomic mass is 35.5. The number of nitrogens with one attached hydrogen (secondary N) is 1. The van der Waals surface area contributed by atoms with Gasteiger partial charge in [0.1, 0.15) is 0 Å². The molecule has 1 aromatic carbocycles. The Labute approximate surface area is 118 Å². The maximum absolute atomic E-state index is 12.6. The van der Waals surface area contributed by atoms with E-state index in [1.165, 1.54) is 5.56 Å². The Morgan fingerprint density at radius 1 is 1.37 bits per heavy atom. The summed E-state index contributed by atoms with van der Waals surface area (Å²) in [4.78, 5) is 14.6. The molecule has 2 unspecified atom stereocenters. The molecule has 0 aliphatic carbocycles. The minimum Gasteiger partial charge on any atom is -0.335 e. The molecule has 1 N–H and O–H groups in total. The van der Waals surface area contributed by atoms with Crippen LogP contribution in [0.4, 0.5) is 0 Å². The summed E-state index contributed by atoms with van der Waals surface area (Å²) in [6.07, 6.45) is 3.10. The summed E-state index contributed by atoms with van der Waals surface area (Å²) in [5.41, 5.74) is 1.17. The molecular weight excluding hydrogens is 260 g/mol. The number of amides is 1. The van der Waals surface area contributed by atoms with E-state index in [1.807, 2.05) is 18.2 Å². The molecule has 0 bridgehead atoms. The summed E-state index contributed by atoms with van der Waals surface area (Å²) in [5, 5.41) is 4.02. The number of hydrogen-bond donors (Lipinski definition) is 1. The molecule has 0 aromatic heterocycles. The van der Waals surface area contributed by atoms with Gasteiger partial charge in [0, 0.05) is 18.1 Å². The van der Waals surface area contributed by atoms with Crippen molar-refractivity contribution in [2.75, 3.05) is 19.6 Å². The van der Waals surface area contributed by atoms with Crippen molar-refractivity contribution in [1.82, 2.24) is 10.2 Å². The molecule has 1 aromatic rings. The third-order valence-corrected chi connectivity index (χ3v) is 4.41. The zero-order valence-corrected chi connectivity index (χ0v) is 11.7. The first-order chi connectivity index (χ1) is 9.25. The van der Waals surface area contributed by atoms with Crippen molar-refractivity contribution in [3.05, 3.63) is 34.9 Å². The lowest BCUT2D eigenvalue weighted by Crippen LogP contribution is -2.36. The summed E-state index contributed by atoms with van der Waals surface area (Å²) in [6, 6.07) is 8.13. The van der Waals surface area contributed by atoms with Crippen molar-refractivity contribution in [1.29, 1.82) is 0 Å². The van der Waals surface area contributed by atoms with Crippen LogP contribution in [0.2, 0.25) is 5.02 Å². The molecule has 4 heteroatoms. The van der Waals surface area contributed by atoms with Gasteiger partial charge in [-0.3, -0.25) is 4.79 Å². The van der Waals surface area contributed by atoms with E-state index >= 15 is 0 Å². The second kappa shape index (κ2) is 5.51. The van der Waals surface area contributed by atoms with Gasteiger partial charge >= 0.3 is 0 Å². The van der Waals surface area contributed by atoms with E-state index in [1.54, 1.807) is 0 Å². The van der Waals surface area contributed by atoms with E-state index in [9.17, 15) is 4.79 Å². The summed E-state index contributed by atoms with van der Waals surface area (Å²) in [7, 11) is 0. The first kappa shape index (κ1) is 12.9. The van der Waals surface area contributed by atoms with Gasteiger partial charge in [0.05, 0.1) is 12.0 Å². The Balaban J connectivity index is 1.79. The van der Waals surface area contributed by atoms with Crippen LogP contribution in [-0.2, 0) is 4.79 Å². The molecule has 0 saturated carbocycles. The molecule has 0 spiro atoms. The Bertz CT molecular complexity index is 471. The number of rotatable bonds is 2. The van der Waals surface area contributed by atoms with Gasteiger partial charge in [0.2, 0.25) is 5.91 Å². The molecule has 3 rings (SSSR count). The Morgan fingerprint density at radius 3 is 3.00 bits per heavy atom. The highest BCUT2D eigenvalue weighted by molar-refractivity contribution is 6.30. The zero-order valence-electron chi connectivity index (χ0n) is 10.9. The fraction of sp³-hybridized carbons (Fsp3) is 0.533. The van der Waals surface area contributed by atoms with Gasteiger partial charge in [-0.05, 0) is 43.5 Å². The topological polar surface area (TPSA) is 32.3 Å². The second-order valence-corrected chi connectivity index (χ2v) is 5.87. The molecule has 2 saturated heterocycles. The van der Waals surface area contributed by atoms with Gasteiger partial charge in [-0.2, -0.15) is 0 Å². The number of carbonyl (C=O) groups excluding carboxylic acids is 1. The SMILES string of the molecule is O=C(C1CCNC1)N1CCCC1c1cccc(Cl)c1. The fourth-order valence-electron chi connectivity index (χ4n) is 3.19. The molecule has 102 valence electrons. The lowest BCUT2D eigenvalue weighted by molar-refractivity contribution is -0.135. The highest BCUT2D eigenvalue weighted by Crippen LogP contribution is 2.34. The van der Waals surface area contributed by atoms with Crippen molar-refractivity contribution in [3.8, 4) is 0 Å². The van der Waals surface area contributed by atoms with Crippen molar-refractivity contribution < 1.29 is 4.79 Å². The number of likely N-dealkylation sites (tertiary alicyclic amines) is 1. The lowest BCUT2D eigenvalue weighted by atomic mass is 10.0. The molecule has 1 amide bonds. The quantitative estimate of drug-likeness (QED) is 0.902. The Morgan fingerprint density at radius 2 is 2.26 bits per heavy atom. The summed E-state index contributed by atoms with van der Waals surface area (Å²) >= 11 is 6.06. The van der Waals surface area contributed by atoms with Crippen molar-refractivity contribution in [2.24, 2.45) is 5.92 Å². The minimum absolute atomic E-state index is 0.166. The molecule has 3 nitrogen and oxygen atoms in total. The Hall–Kier alpha value is -1.06. The minimum atomic E-state index is 0.166. The third-order valence-electron chi connectivity index (χ3n) is 4.18. The van der Waals surface area contributed by atoms with Crippen molar-refractivity contribution in [2.45, 2.75) is 25.3 Å². The normalized spacial score (nSPS) is 26.9. The first-order valence-corrected chi connectivity index (χ1v) is 7.40. The van der Waals surface area contributed by atoms with Crippen LogP contribution in [-0.4, -0.2) is 30.4 Å². The van der Waals surface area contributed by atoms with Crippen molar-refractivity contribution in [3.63, 3.8) is 0 Å². The number of hydrogen-bond acceptors (Lipinski definition) is 2. The first-order valence-electron chi connectivity index (χ1n) is 7.02.